The Morgan fingerprint density at radius 3 is 2.47 bits per heavy atom. The van der Waals surface area contributed by atoms with Gasteiger partial charge in [0.15, 0.2) is 0 Å². The Bertz CT molecular complexity index is 1130. The van der Waals surface area contributed by atoms with Gasteiger partial charge in [-0.25, -0.2) is 12.4 Å². The largest absolute Gasteiger partial charge is 0.390 e. The van der Waals surface area contributed by atoms with Crippen LogP contribution >= 0.6 is 0 Å². The molecule has 6 nitrogen and oxygen atoms in total. The predicted molar refractivity (Wildman–Crippen MR) is 116 cm³/mol. The Labute approximate surface area is 186 Å². The lowest BCUT2D eigenvalue weighted by Gasteiger charge is -2.30. The number of amides is 1. The van der Waals surface area contributed by atoms with Gasteiger partial charge in [-0.15, -0.1) is 0 Å². The van der Waals surface area contributed by atoms with Crippen molar-refractivity contribution in [3.05, 3.63) is 35.0 Å². The average Bonchev–Trinajstić information content (AvgIpc) is 3.05. The molecule has 1 aromatic heterocycles. The maximum Gasteiger partial charge on any atom is 0.390 e. The summed E-state index contributed by atoms with van der Waals surface area (Å²) in [7, 11) is -3.62. The minimum absolute atomic E-state index is 0.0932. The van der Waals surface area contributed by atoms with Crippen LogP contribution in [0.2, 0.25) is 0 Å². The molecule has 2 aromatic rings. The molecule has 0 unspecified atom stereocenters. The number of hydrogen-bond donors (Lipinski definition) is 0. The van der Waals surface area contributed by atoms with Gasteiger partial charge in [-0.2, -0.15) is 13.2 Å². The Morgan fingerprint density at radius 1 is 1.16 bits per heavy atom. The van der Waals surface area contributed by atoms with E-state index < -0.39 is 22.6 Å². The highest BCUT2D eigenvalue weighted by atomic mass is 32.2. The Kier molecular flexibility index (Phi) is 6.04. The number of benzene rings is 1. The molecule has 1 saturated heterocycles. The number of halogens is 3. The van der Waals surface area contributed by atoms with Crippen LogP contribution in [0, 0.1) is 5.92 Å². The molecule has 0 N–H and O–H groups in total. The number of fused-ring (bicyclic) bond motifs is 3. The zero-order valence-corrected chi connectivity index (χ0v) is 19.1. The molecular formula is C22H28F3N3O3S. The molecule has 0 bridgehead atoms. The first-order valence-electron chi connectivity index (χ1n) is 10.9. The van der Waals surface area contributed by atoms with Crippen LogP contribution in [-0.4, -0.2) is 66.7 Å². The Morgan fingerprint density at radius 2 is 1.84 bits per heavy atom. The minimum atomic E-state index is -4.24. The number of likely N-dealkylation sites (tertiary alicyclic amines) is 1. The topological polar surface area (TPSA) is 62.6 Å². The second-order valence-corrected chi connectivity index (χ2v) is 10.9. The molecule has 1 aromatic carbocycles. The van der Waals surface area contributed by atoms with E-state index in [2.05, 4.69) is 6.92 Å². The van der Waals surface area contributed by atoms with E-state index >= 15 is 0 Å². The monoisotopic (exact) mass is 471 g/mol. The zero-order valence-electron chi connectivity index (χ0n) is 18.3. The molecule has 2 aliphatic rings. The highest BCUT2D eigenvalue weighted by Gasteiger charge is 2.32. The number of rotatable bonds is 4. The molecule has 0 aliphatic carbocycles. The summed E-state index contributed by atoms with van der Waals surface area (Å²) in [4.78, 5) is 16.6. The number of nitrogens with zero attached hydrogens (tertiary/aromatic N) is 3. The smallest absolute Gasteiger partial charge is 0.339 e. The molecule has 32 heavy (non-hydrogen) atoms. The molecule has 0 radical (unpaired) electrons. The van der Waals surface area contributed by atoms with Crippen molar-refractivity contribution >= 4 is 26.8 Å². The summed E-state index contributed by atoms with van der Waals surface area (Å²) < 4.78 is 64.5. The first-order valence-corrected chi connectivity index (χ1v) is 12.7. The number of piperidine rings is 1. The lowest BCUT2D eigenvalue weighted by atomic mass is 9.98. The van der Waals surface area contributed by atoms with E-state index in [4.69, 9.17) is 0 Å². The molecule has 1 fully saturated rings. The summed E-state index contributed by atoms with van der Waals surface area (Å²) in [5.41, 5.74) is 2.25. The van der Waals surface area contributed by atoms with Crippen molar-refractivity contribution in [1.29, 1.82) is 0 Å². The fraction of sp³-hybridized carbons (Fsp3) is 0.591. The minimum Gasteiger partial charge on any atom is -0.339 e. The Hall–Kier alpha value is -2.07. The van der Waals surface area contributed by atoms with Gasteiger partial charge < -0.3 is 4.90 Å². The molecule has 2 aliphatic heterocycles. The highest BCUT2D eigenvalue weighted by molar-refractivity contribution is 7.89. The molecule has 1 amide bonds. The first-order chi connectivity index (χ1) is 14.9. The molecular weight excluding hydrogens is 443 g/mol. The van der Waals surface area contributed by atoms with E-state index in [-0.39, 0.29) is 19.0 Å². The lowest BCUT2D eigenvalue weighted by Crippen LogP contribution is -2.37. The fourth-order valence-electron chi connectivity index (χ4n) is 4.76. The molecule has 10 heteroatoms. The van der Waals surface area contributed by atoms with E-state index in [0.29, 0.717) is 59.7 Å². The second-order valence-electron chi connectivity index (χ2n) is 9.05. The summed E-state index contributed by atoms with van der Waals surface area (Å²) in [5.74, 6) is 0.490. The predicted octanol–water partition coefficient (Wildman–Crippen LogP) is 3.63. The lowest BCUT2D eigenvalue weighted by molar-refractivity contribution is -0.138. The van der Waals surface area contributed by atoms with Gasteiger partial charge in [-0.05, 0) is 42.5 Å². The van der Waals surface area contributed by atoms with Crippen LogP contribution in [-0.2, 0) is 23.0 Å². The third-order valence-corrected chi connectivity index (χ3v) is 7.62. The first kappa shape index (κ1) is 23.1. The number of carbonyl (C=O) groups is 1. The standard InChI is InChI=1S/C22H28F3N3O3S/c1-15-5-10-27(11-6-15)21(29)16-3-4-19-17(13-16)18-14-26(12-8-22(23,24)25)9-7-20(18)28(19)32(2,30)31/h3-4,13,15H,5-12,14H2,1-2H3. The van der Waals surface area contributed by atoms with Gasteiger partial charge in [-0.1, -0.05) is 6.92 Å². The van der Waals surface area contributed by atoms with E-state index in [1.165, 1.54) is 3.97 Å². The van der Waals surface area contributed by atoms with Crippen molar-refractivity contribution in [2.24, 2.45) is 5.92 Å². The molecule has 0 saturated carbocycles. The van der Waals surface area contributed by atoms with Gasteiger partial charge in [0.05, 0.1) is 18.2 Å². The molecule has 0 atom stereocenters. The van der Waals surface area contributed by atoms with Gasteiger partial charge in [0.25, 0.3) is 5.91 Å². The third-order valence-electron chi connectivity index (χ3n) is 6.54. The second kappa shape index (κ2) is 8.37. The third kappa shape index (κ3) is 4.66. The van der Waals surface area contributed by atoms with E-state index in [1.807, 2.05) is 4.90 Å². The fourth-order valence-corrected chi connectivity index (χ4v) is 5.87. The molecule has 0 spiro atoms. The normalized spacial score (nSPS) is 18.8. The van der Waals surface area contributed by atoms with E-state index in [1.54, 1.807) is 23.1 Å². The summed E-state index contributed by atoms with van der Waals surface area (Å²) in [6.07, 6.45) is -1.81. The molecule has 176 valence electrons. The maximum absolute atomic E-state index is 13.1. The van der Waals surface area contributed by atoms with Crippen molar-refractivity contribution in [2.45, 2.75) is 45.3 Å². The van der Waals surface area contributed by atoms with Crippen LogP contribution in [0.4, 0.5) is 13.2 Å². The summed E-state index contributed by atoms with van der Waals surface area (Å²) in [6.45, 7) is 3.98. The van der Waals surface area contributed by atoms with Crippen molar-refractivity contribution in [3.63, 3.8) is 0 Å². The number of alkyl halides is 3. The van der Waals surface area contributed by atoms with Gasteiger partial charge >= 0.3 is 6.18 Å². The van der Waals surface area contributed by atoms with Crippen molar-refractivity contribution in [2.75, 3.05) is 32.4 Å². The van der Waals surface area contributed by atoms with Crippen LogP contribution in [0.1, 0.15) is 47.8 Å². The van der Waals surface area contributed by atoms with Gasteiger partial charge in [0.2, 0.25) is 10.0 Å². The van der Waals surface area contributed by atoms with Crippen LogP contribution in [0.25, 0.3) is 10.9 Å². The SMILES string of the molecule is CC1CCN(C(=O)c2ccc3c(c2)c2c(n3S(C)(=O)=O)CCN(CCC(F)(F)F)C2)CC1. The van der Waals surface area contributed by atoms with Crippen LogP contribution in [0.15, 0.2) is 18.2 Å². The van der Waals surface area contributed by atoms with Crippen LogP contribution < -0.4 is 0 Å². The van der Waals surface area contributed by atoms with Crippen LogP contribution in [0.3, 0.4) is 0 Å². The maximum atomic E-state index is 13.1. The van der Waals surface area contributed by atoms with Crippen molar-refractivity contribution < 1.29 is 26.4 Å². The zero-order chi connectivity index (χ0) is 23.3. The van der Waals surface area contributed by atoms with E-state index in [9.17, 15) is 26.4 Å². The summed E-state index contributed by atoms with van der Waals surface area (Å²) >= 11 is 0. The number of aromatic nitrogens is 1. The van der Waals surface area contributed by atoms with E-state index in [0.717, 1.165) is 19.1 Å². The van der Waals surface area contributed by atoms with Crippen LogP contribution in [0.5, 0.6) is 0 Å². The molecule has 3 heterocycles. The molecule has 4 rings (SSSR count). The number of carbonyl (C=O) groups excluding carboxylic acids is 1. The number of hydrogen-bond acceptors (Lipinski definition) is 4. The average molecular weight is 472 g/mol. The van der Waals surface area contributed by atoms with Gasteiger partial charge in [0, 0.05) is 55.8 Å². The van der Waals surface area contributed by atoms with Gasteiger partial charge in [0.1, 0.15) is 0 Å². The summed E-state index contributed by atoms with van der Waals surface area (Å²) in [6, 6.07) is 5.01. The van der Waals surface area contributed by atoms with Crippen molar-refractivity contribution in [1.82, 2.24) is 13.8 Å². The highest BCUT2D eigenvalue weighted by Crippen LogP contribution is 2.34. The summed E-state index contributed by atoms with van der Waals surface area (Å²) in [5, 5.41) is 0.623. The van der Waals surface area contributed by atoms with Crippen molar-refractivity contribution in [3.8, 4) is 0 Å². The quantitative estimate of drug-likeness (QED) is 0.683. The Balaban J connectivity index is 1.71. The van der Waals surface area contributed by atoms with Gasteiger partial charge in [-0.3, -0.25) is 9.69 Å².